The Balaban J connectivity index is 1.67. The highest BCUT2D eigenvalue weighted by molar-refractivity contribution is 6.31. The zero-order valence-electron chi connectivity index (χ0n) is 17.2. The lowest BCUT2D eigenvalue weighted by Gasteiger charge is -2.13. The third-order valence-corrected chi connectivity index (χ3v) is 4.82. The number of anilines is 1. The van der Waals surface area contributed by atoms with Crippen molar-refractivity contribution in [2.24, 2.45) is 0 Å². The minimum absolute atomic E-state index is 0.155. The molecule has 0 spiro atoms. The van der Waals surface area contributed by atoms with Crippen LogP contribution < -0.4 is 5.32 Å². The van der Waals surface area contributed by atoms with Gasteiger partial charge in [0, 0.05) is 11.6 Å². The molecular weight excluding hydrogens is 466 g/mol. The second kappa shape index (κ2) is 9.86. The van der Waals surface area contributed by atoms with Gasteiger partial charge in [0.25, 0.3) is 5.91 Å². The maximum Gasteiger partial charge on any atom is 0.331 e. The minimum Gasteiger partial charge on any atom is -0.449 e. The minimum atomic E-state index is -1.74. The quantitative estimate of drug-likeness (QED) is 0.233. The Labute approximate surface area is 190 Å². The van der Waals surface area contributed by atoms with Gasteiger partial charge in [0.2, 0.25) is 0 Å². The number of hydrogen-bond acceptors (Lipinski definition) is 4. The van der Waals surface area contributed by atoms with Crippen molar-refractivity contribution in [1.29, 1.82) is 0 Å². The second-order valence-corrected chi connectivity index (χ2v) is 7.16. The van der Waals surface area contributed by atoms with Crippen LogP contribution >= 0.6 is 11.6 Å². The van der Waals surface area contributed by atoms with Crippen molar-refractivity contribution < 1.29 is 31.9 Å². The van der Waals surface area contributed by atoms with Crippen LogP contribution in [-0.2, 0) is 14.3 Å². The first-order valence-corrected chi connectivity index (χ1v) is 9.80. The first kappa shape index (κ1) is 24.0. The summed E-state index contributed by atoms with van der Waals surface area (Å²) in [4.78, 5) is 24.2. The zero-order valence-corrected chi connectivity index (χ0v) is 18.0. The fourth-order valence-electron chi connectivity index (χ4n) is 2.73. The van der Waals surface area contributed by atoms with Crippen LogP contribution in [0.15, 0.2) is 42.5 Å². The van der Waals surface area contributed by atoms with E-state index in [1.54, 1.807) is 6.92 Å². The number of carbonyl (C=O) groups excluding carboxylic acids is 2. The molecule has 11 heteroatoms. The van der Waals surface area contributed by atoms with E-state index in [4.69, 9.17) is 16.3 Å². The molecule has 1 heterocycles. The Hall–Kier alpha value is -3.66. The molecule has 6 nitrogen and oxygen atoms in total. The molecule has 0 saturated carbocycles. The van der Waals surface area contributed by atoms with E-state index in [1.165, 1.54) is 41.9 Å². The maximum absolute atomic E-state index is 13.7. The van der Waals surface area contributed by atoms with Crippen LogP contribution in [0.5, 0.6) is 0 Å². The van der Waals surface area contributed by atoms with Gasteiger partial charge < -0.3 is 10.1 Å². The van der Waals surface area contributed by atoms with Gasteiger partial charge in [-0.25, -0.2) is 27.0 Å². The summed E-state index contributed by atoms with van der Waals surface area (Å²) in [7, 11) is 0. The molecule has 0 aliphatic carbocycles. The van der Waals surface area contributed by atoms with E-state index >= 15 is 0 Å². The predicted octanol–water partition coefficient (Wildman–Crippen LogP) is 4.97. The fraction of sp³-hybridized carbons (Fsp3) is 0.136. The van der Waals surface area contributed by atoms with E-state index in [1.807, 2.05) is 5.32 Å². The Kier molecular flexibility index (Phi) is 7.17. The highest BCUT2D eigenvalue weighted by Crippen LogP contribution is 2.25. The summed E-state index contributed by atoms with van der Waals surface area (Å²) < 4.78 is 59.4. The van der Waals surface area contributed by atoms with Crippen molar-refractivity contribution in [2.45, 2.75) is 20.0 Å². The molecule has 1 aromatic heterocycles. The normalized spacial score (nSPS) is 12.1. The smallest absolute Gasteiger partial charge is 0.331 e. The van der Waals surface area contributed by atoms with Crippen LogP contribution in [0.1, 0.15) is 18.2 Å². The number of aromatic nitrogens is 2. The molecule has 33 heavy (non-hydrogen) atoms. The van der Waals surface area contributed by atoms with Gasteiger partial charge in [-0.05, 0) is 56.3 Å². The monoisotopic (exact) mass is 481 g/mol. The van der Waals surface area contributed by atoms with Crippen LogP contribution in [0.4, 0.5) is 23.2 Å². The molecule has 0 bridgehead atoms. The van der Waals surface area contributed by atoms with Crippen molar-refractivity contribution in [2.75, 3.05) is 5.32 Å². The van der Waals surface area contributed by atoms with Gasteiger partial charge in [0.1, 0.15) is 11.0 Å². The Morgan fingerprint density at radius 2 is 1.76 bits per heavy atom. The maximum atomic E-state index is 13.7. The molecule has 1 N–H and O–H groups in total. The number of esters is 1. The Bertz CT molecular complexity index is 1240. The van der Waals surface area contributed by atoms with Crippen LogP contribution in [0, 0.1) is 30.2 Å². The lowest BCUT2D eigenvalue weighted by molar-refractivity contribution is -0.148. The zero-order chi connectivity index (χ0) is 24.3. The van der Waals surface area contributed by atoms with Crippen LogP contribution in [-0.4, -0.2) is 27.8 Å². The molecule has 1 unspecified atom stereocenters. The molecule has 0 fully saturated rings. The first-order chi connectivity index (χ1) is 15.6. The molecule has 3 aromatic rings. The average molecular weight is 482 g/mol. The van der Waals surface area contributed by atoms with Crippen LogP contribution in [0.3, 0.4) is 0 Å². The van der Waals surface area contributed by atoms with E-state index in [0.717, 1.165) is 12.1 Å². The van der Waals surface area contributed by atoms with Crippen molar-refractivity contribution in [3.8, 4) is 5.69 Å². The van der Waals surface area contributed by atoms with Gasteiger partial charge in [-0.15, -0.1) is 0 Å². The van der Waals surface area contributed by atoms with Crippen molar-refractivity contribution in [3.05, 3.63) is 82.2 Å². The summed E-state index contributed by atoms with van der Waals surface area (Å²) in [6.07, 6.45) is 0.952. The van der Waals surface area contributed by atoms with Gasteiger partial charge in [-0.2, -0.15) is 5.10 Å². The second-order valence-electron chi connectivity index (χ2n) is 6.80. The number of aryl methyl sites for hydroxylation is 1. The van der Waals surface area contributed by atoms with Crippen molar-refractivity contribution in [3.63, 3.8) is 0 Å². The number of hydrogen-bond donors (Lipinski definition) is 1. The number of nitrogens with zero attached hydrogens (tertiary/aromatic N) is 2. The third kappa shape index (κ3) is 5.40. The van der Waals surface area contributed by atoms with Crippen molar-refractivity contribution >= 4 is 35.2 Å². The molecule has 1 atom stereocenters. The SMILES string of the molecule is Cc1nn(-c2ccc(F)cc2)c(Cl)c1/C=C/C(=O)OC(C)C(=O)Nc1ccc(F)c(F)c1F. The molecule has 0 saturated heterocycles. The third-order valence-electron chi connectivity index (χ3n) is 4.46. The molecule has 0 radical (unpaired) electrons. The number of nitrogens with one attached hydrogen (secondary N) is 1. The van der Waals surface area contributed by atoms with Crippen LogP contribution in [0.25, 0.3) is 11.8 Å². The molecule has 3 rings (SSSR count). The van der Waals surface area contributed by atoms with Gasteiger partial charge in [-0.1, -0.05) is 11.6 Å². The highest BCUT2D eigenvalue weighted by atomic mass is 35.5. The standard InChI is InChI=1S/C22H16ClF4N3O3/c1-11-15(21(23)30(29-11)14-5-3-13(24)4-6-14)7-10-18(31)33-12(2)22(32)28-17-9-8-16(25)19(26)20(17)27/h3-10,12H,1-2H3,(H,28,32)/b10-7+. The van der Waals surface area contributed by atoms with E-state index < -0.39 is 46.9 Å². The number of carbonyl (C=O) groups is 2. The summed E-state index contributed by atoms with van der Waals surface area (Å²) in [6.45, 7) is 2.85. The summed E-state index contributed by atoms with van der Waals surface area (Å²) in [5.41, 5.74) is 0.751. The molecule has 0 aliphatic heterocycles. The largest absolute Gasteiger partial charge is 0.449 e. The average Bonchev–Trinajstić information content (AvgIpc) is 3.06. The summed E-state index contributed by atoms with van der Waals surface area (Å²) in [5.74, 6) is -7.04. The summed E-state index contributed by atoms with van der Waals surface area (Å²) in [5, 5.41) is 6.42. The number of amides is 1. The Morgan fingerprint density at radius 3 is 2.42 bits per heavy atom. The fourth-order valence-corrected chi connectivity index (χ4v) is 3.06. The topological polar surface area (TPSA) is 73.2 Å². The van der Waals surface area contributed by atoms with Gasteiger partial charge >= 0.3 is 5.97 Å². The van der Waals surface area contributed by atoms with Crippen LogP contribution in [0.2, 0.25) is 5.15 Å². The number of rotatable bonds is 6. The molecule has 1 amide bonds. The van der Waals surface area contributed by atoms with Gasteiger partial charge in [0.05, 0.1) is 17.1 Å². The predicted molar refractivity (Wildman–Crippen MR) is 113 cm³/mol. The summed E-state index contributed by atoms with van der Waals surface area (Å²) >= 11 is 6.32. The van der Waals surface area contributed by atoms with E-state index in [9.17, 15) is 27.2 Å². The first-order valence-electron chi connectivity index (χ1n) is 9.42. The lowest BCUT2D eigenvalue weighted by Crippen LogP contribution is -2.29. The lowest BCUT2D eigenvalue weighted by atomic mass is 10.2. The van der Waals surface area contributed by atoms with Gasteiger partial charge in [-0.3, -0.25) is 4.79 Å². The Morgan fingerprint density at radius 1 is 1.09 bits per heavy atom. The van der Waals surface area contributed by atoms with E-state index in [-0.39, 0.29) is 5.15 Å². The van der Waals surface area contributed by atoms with E-state index in [2.05, 4.69) is 5.10 Å². The molecular formula is C22H16ClF4N3O3. The number of ether oxygens (including phenoxy) is 1. The van der Waals surface area contributed by atoms with Crippen molar-refractivity contribution in [1.82, 2.24) is 9.78 Å². The molecule has 0 aliphatic rings. The molecule has 172 valence electrons. The number of halogens is 5. The summed E-state index contributed by atoms with van der Waals surface area (Å²) in [6, 6.07) is 6.93. The molecule has 2 aromatic carbocycles. The van der Waals surface area contributed by atoms with E-state index in [0.29, 0.717) is 23.0 Å². The number of benzene rings is 2. The van der Waals surface area contributed by atoms with Gasteiger partial charge in [0.15, 0.2) is 23.6 Å². The highest BCUT2D eigenvalue weighted by Gasteiger charge is 2.21.